The Labute approximate surface area is 300 Å². The average molecular weight is 718 g/mol. The molecule has 0 saturated heterocycles. The van der Waals surface area contributed by atoms with Crippen LogP contribution in [0.25, 0.3) is 0 Å². The monoisotopic (exact) mass is 716 g/mol. The van der Waals surface area contributed by atoms with Gasteiger partial charge in [0.2, 0.25) is 12.5 Å². The van der Waals surface area contributed by atoms with Gasteiger partial charge < -0.3 is 20.1 Å². The number of rotatable bonds is 14. The summed E-state index contributed by atoms with van der Waals surface area (Å²) >= 11 is 12.5. The number of hydrogen-bond acceptors (Lipinski definition) is 8. The number of hydrogen-bond donors (Lipinski definition) is 4. The lowest BCUT2D eigenvalue weighted by Crippen LogP contribution is -2.52. The summed E-state index contributed by atoms with van der Waals surface area (Å²) in [5, 5.41) is 6.67. The molecule has 0 aliphatic heterocycles. The Balaban J connectivity index is 1.35. The van der Waals surface area contributed by atoms with Gasteiger partial charge in [-0.3, -0.25) is 21.1 Å². The number of benzene rings is 4. The van der Waals surface area contributed by atoms with Gasteiger partial charge in [-0.25, -0.2) is 9.59 Å². The number of nitrogens with two attached hydrogens (primary N) is 2. The van der Waals surface area contributed by atoms with Crippen LogP contribution in [0.5, 0.6) is 0 Å². The molecule has 4 atom stereocenters. The largest absolute Gasteiger partial charge is 0.434 e. The summed E-state index contributed by atoms with van der Waals surface area (Å²) in [5.74, 6) is -3.78. The van der Waals surface area contributed by atoms with Crippen molar-refractivity contribution in [3.05, 3.63) is 154 Å². The van der Waals surface area contributed by atoms with Crippen molar-refractivity contribution in [2.24, 2.45) is 11.5 Å². The fourth-order valence-electron chi connectivity index (χ4n) is 5.37. The zero-order chi connectivity index (χ0) is 36.3. The Morgan fingerprint density at radius 3 is 1.32 bits per heavy atom. The molecule has 0 aliphatic rings. The van der Waals surface area contributed by atoms with E-state index in [2.05, 4.69) is 10.6 Å². The number of esters is 2. The Hall–Kier alpha value is -5.00. The molecule has 4 unspecified atom stereocenters. The minimum absolute atomic E-state index is 0.380. The van der Waals surface area contributed by atoms with E-state index in [0.29, 0.717) is 46.2 Å². The average Bonchev–Trinajstić information content (AvgIpc) is 3.08. The highest BCUT2D eigenvalue weighted by molar-refractivity contribution is 6.30. The van der Waals surface area contributed by atoms with Gasteiger partial charge in [0.1, 0.15) is 0 Å². The molecule has 10 nitrogen and oxygen atoms in total. The predicted octanol–water partition coefficient (Wildman–Crippen LogP) is 5.05. The molecule has 0 aliphatic carbocycles. The third-order valence-corrected chi connectivity index (χ3v) is 8.35. The SMILES string of the molecule is CC(Cc1ccccc1)(NC(=O)C(N)OC(=O)/C=C\C(=O)OC(N)C(=O)NC(C)(Cc1ccccc1)c1cccc(Cl)c1)c1cccc(Cl)c1. The molecule has 0 aromatic heterocycles. The van der Waals surface area contributed by atoms with Crippen molar-refractivity contribution in [3.63, 3.8) is 0 Å². The smallest absolute Gasteiger partial charge is 0.333 e. The molecule has 0 radical (unpaired) electrons. The predicted molar refractivity (Wildman–Crippen MR) is 191 cm³/mol. The first-order valence-electron chi connectivity index (χ1n) is 15.6. The lowest BCUT2D eigenvalue weighted by molar-refractivity contribution is -0.153. The van der Waals surface area contributed by atoms with E-state index in [9.17, 15) is 19.2 Å². The van der Waals surface area contributed by atoms with E-state index in [0.717, 1.165) is 11.1 Å². The van der Waals surface area contributed by atoms with Crippen molar-refractivity contribution in [2.75, 3.05) is 0 Å². The highest BCUT2D eigenvalue weighted by atomic mass is 35.5. The van der Waals surface area contributed by atoms with Crippen LogP contribution in [0.4, 0.5) is 0 Å². The lowest BCUT2D eigenvalue weighted by atomic mass is 9.85. The van der Waals surface area contributed by atoms with E-state index < -0.39 is 47.3 Å². The van der Waals surface area contributed by atoms with E-state index in [1.807, 2.05) is 72.8 Å². The van der Waals surface area contributed by atoms with E-state index in [4.69, 9.17) is 44.1 Å². The van der Waals surface area contributed by atoms with Crippen molar-refractivity contribution in [2.45, 2.75) is 50.2 Å². The number of halogens is 2. The van der Waals surface area contributed by atoms with E-state index in [1.165, 1.54) is 0 Å². The van der Waals surface area contributed by atoms with E-state index in [1.54, 1.807) is 50.2 Å². The molecule has 4 aromatic carbocycles. The van der Waals surface area contributed by atoms with Crippen LogP contribution in [-0.2, 0) is 52.6 Å². The Kier molecular flexibility index (Phi) is 12.9. The van der Waals surface area contributed by atoms with Gasteiger partial charge in [-0.2, -0.15) is 0 Å². The van der Waals surface area contributed by atoms with Crippen LogP contribution in [0, 0.1) is 0 Å². The number of amides is 2. The van der Waals surface area contributed by atoms with Gasteiger partial charge >= 0.3 is 11.9 Å². The molecule has 0 bridgehead atoms. The van der Waals surface area contributed by atoms with E-state index in [-0.39, 0.29) is 0 Å². The quantitative estimate of drug-likeness (QED) is 0.0800. The van der Waals surface area contributed by atoms with Crippen molar-refractivity contribution in [3.8, 4) is 0 Å². The first kappa shape index (κ1) is 37.8. The summed E-state index contributed by atoms with van der Waals surface area (Å²) < 4.78 is 10.1. The number of ether oxygens (including phenoxy) is 2. The van der Waals surface area contributed by atoms with Gasteiger partial charge in [0.05, 0.1) is 11.1 Å². The molecule has 50 heavy (non-hydrogen) atoms. The Bertz CT molecular complexity index is 1710. The molecule has 0 heterocycles. The highest BCUT2D eigenvalue weighted by Crippen LogP contribution is 2.29. The van der Waals surface area contributed by atoms with Crippen molar-refractivity contribution in [1.82, 2.24) is 10.6 Å². The Morgan fingerprint density at radius 1 is 0.620 bits per heavy atom. The van der Waals surface area contributed by atoms with Crippen molar-refractivity contribution >= 4 is 47.0 Å². The molecular weight excluding hydrogens is 679 g/mol. The fraction of sp³-hybridized carbons (Fsp3) is 0.211. The lowest BCUT2D eigenvalue weighted by Gasteiger charge is -2.33. The van der Waals surface area contributed by atoms with Crippen LogP contribution in [0.15, 0.2) is 121 Å². The second kappa shape index (κ2) is 17.1. The summed E-state index contributed by atoms with van der Waals surface area (Å²) in [4.78, 5) is 51.2. The number of nitrogens with one attached hydrogen (secondary N) is 2. The maximum Gasteiger partial charge on any atom is 0.333 e. The van der Waals surface area contributed by atoms with Gasteiger partial charge in [0.25, 0.3) is 11.8 Å². The number of carbonyl (C=O) groups excluding carboxylic acids is 4. The van der Waals surface area contributed by atoms with Crippen LogP contribution in [-0.4, -0.2) is 36.2 Å². The van der Waals surface area contributed by atoms with Crippen LogP contribution in [0.3, 0.4) is 0 Å². The molecule has 0 fully saturated rings. The van der Waals surface area contributed by atoms with Gasteiger partial charge in [0, 0.05) is 22.2 Å². The maximum absolute atomic E-state index is 13.1. The summed E-state index contributed by atoms with van der Waals surface area (Å²) in [5.41, 5.74) is 13.1. The molecule has 4 rings (SSSR count). The maximum atomic E-state index is 13.1. The van der Waals surface area contributed by atoms with Crippen LogP contribution in [0.2, 0.25) is 10.0 Å². The first-order chi connectivity index (χ1) is 23.8. The van der Waals surface area contributed by atoms with Crippen LogP contribution < -0.4 is 22.1 Å². The third-order valence-electron chi connectivity index (χ3n) is 7.88. The van der Waals surface area contributed by atoms with Gasteiger partial charge in [-0.15, -0.1) is 0 Å². The van der Waals surface area contributed by atoms with Gasteiger partial charge in [-0.1, -0.05) is 108 Å². The highest BCUT2D eigenvalue weighted by Gasteiger charge is 2.33. The zero-order valence-electron chi connectivity index (χ0n) is 27.5. The first-order valence-corrected chi connectivity index (χ1v) is 16.4. The van der Waals surface area contributed by atoms with E-state index >= 15 is 0 Å². The second-order valence-corrected chi connectivity index (χ2v) is 12.9. The van der Waals surface area contributed by atoms with Crippen molar-refractivity contribution in [1.29, 1.82) is 0 Å². The minimum atomic E-state index is -1.72. The topological polar surface area (TPSA) is 163 Å². The normalized spacial score (nSPS) is 14.8. The van der Waals surface area contributed by atoms with Crippen LogP contribution >= 0.6 is 23.2 Å². The minimum Gasteiger partial charge on any atom is -0.434 e. The molecule has 2 amide bonds. The zero-order valence-corrected chi connectivity index (χ0v) is 29.0. The van der Waals surface area contributed by atoms with Crippen LogP contribution in [0.1, 0.15) is 36.1 Å². The summed E-state index contributed by atoms with van der Waals surface area (Å²) in [6.45, 7) is 3.60. The molecule has 0 spiro atoms. The summed E-state index contributed by atoms with van der Waals surface area (Å²) in [6, 6.07) is 32.9. The van der Waals surface area contributed by atoms with Gasteiger partial charge in [0.15, 0.2) is 0 Å². The van der Waals surface area contributed by atoms with Crippen molar-refractivity contribution < 1.29 is 28.7 Å². The molecular formula is C38H38Cl2N4O6. The molecule has 6 N–H and O–H groups in total. The third kappa shape index (κ3) is 10.8. The molecule has 12 heteroatoms. The van der Waals surface area contributed by atoms with Gasteiger partial charge in [-0.05, 0) is 73.2 Å². The molecule has 4 aromatic rings. The summed E-state index contributed by atoms with van der Waals surface area (Å²) in [6.07, 6.45) is -1.26. The summed E-state index contributed by atoms with van der Waals surface area (Å²) in [7, 11) is 0. The standard InChI is InChI=1S/C38H38Cl2N4O6/c1-37(23-25-11-5-3-6-12-25,27-15-9-17-29(39)21-27)43-35(47)33(41)49-31(45)19-20-32(46)50-34(42)36(48)44-38(2,24-26-13-7-4-8-14-26)28-16-10-18-30(40)22-28/h3-22,33-34H,23-24,41-42H2,1-2H3,(H,43,47)(H,44,48)/b20-19-. The molecule has 0 saturated carbocycles. The number of carbonyl (C=O) groups is 4. The molecule has 260 valence electrons. The second-order valence-electron chi connectivity index (χ2n) is 12.0. The Morgan fingerprint density at radius 2 is 0.980 bits per heavy atom. The fourth-order valence-corrected chi connectivity index (χ4v) is 5.75.